The Morgan fingerprint density at radius 2 is 1.82 bits per heavy atom. The van der Waals surface area contributed by atoms with Crippen molar-refractivity contribution in [2.75, 3.05) is 20.2 Å². The molecule has 0 saturated heterocycles. The highest BCUT2D eigenvalue weighted by molar-refractivity contribution is 5.74. The van der Waals surface area contributed by atoms with E-state index in [0.717, 1.165) is 5.75 Å². The van der Waals surface area contributed by atoms with Crippen LogP contribution in [0, 0.1) is 5.92 Å². The number of rotatable bonds is 6. The molecule has 0 heterocycles. The fraction of sp³-hybridized carbons (Fsp3) is 0.462. The Hall–Kier alpha value is -1.55. The Morgan fingerprint density at radius 3 is 2.35 bits per heavy atom. The predicted molar refractivity (Wildman–Crippen MR) is 66.3 cm³/mol. The number of likely N-dealkylation sites (N-methyl/N-ethyl adjacent to an activating group) is 1. The maximum atomic E-state index is 11.2. The molecule has 0 aliphatic rings. The molecule has 0 aliphatic carbocycles. The average Bonchev–Trinajstić information content (AvgIpc) is 2.28. The SMILES string of the molecule is CNCC(=O)Oc1ccc(OCC(C)C)cc1. The zero-order chi connectivity index (χ0) is 12.7. The highest BCUT2D eigenvalue weighted by atomic mass is 16.5. The molecule has 0 fully saturated rings. The lowest BCUT2D eigenvalue weighted by atomic mass is 10.2. The van der Waals surface area contributed by atoms with E-state index in [2.05, 4.69) is 19.2 Å². The molecule has 17 heavy (non-hydrogen) atoms. The summed E-state index contributed by atoms with van der Waals surface area (Å²) in [6.07, 6.45) is 0. The van der Waals surface area contributed by atoms with Gasteiger partial charge in [0.1, 0.15) is 11.5 Å². The highest BCUT2D eigenvalue weighted by Crippen LogP contribution is 2.18. The molecule has 1 rings (SSSR count). The van der Waals surface area contributed by atoms with Gasteiger partial charge in [-0.05, 0) is 37.2 Å². The summed E-state index contributed by atoms with van der Waals surface area (Å²) in [4.78, 5) is 11.2. The highest BCUT2D eigenvalue weighted by Gasteiger charge is 2.03. The van der Waals surface area contributed by atoms with Gasteiger partial charge >= 0.3 is 5.97 Å². The van der Waals surface area contributed by atoms with E-state index in [4.69, 9.17) is 9.47 Å². The summed E-state index contributed by atoms with van der Waals surface area (Å²) in [5.74, 6) is 1.50. The van der Waals surface area contributed by atoms with Gasteiger partial charge in [0.05, 0.1) is 13.2 Å². The van der Waals surface area contributed by atoms with Gasteiger partial charge in [0, 0.05) is 0 Å². The van der Waals surface area contributed by atoms with Gasteiger partial charge in [0.15, 0.2) is 0 Å². The second-order valence-electron chi connectivity index (χ2n) is 4.18. The summed E-state index contributed by atoms with van der Waals surface area (Å²) in [6, 6.07) is 7.04. The molecule has 0 aromatic heterocycles. The minimum Gasteiger partial charge on any atom is -0.493 e. The Bertz CT molecular complexity index is 346. The Labute approximate surface area is 102 Å². The van der Waals surface area contributed by atoms with E-state index in [1.165, 1.54) is 0 Å². The third-order valence-electron chi connectivity index (χ3n) is 1.96. The van der Waals surface area contributed by atoms with Crippen molar-refractivity contribution in [2.24, 2.45) is 5.92 Å². The summed E-state index contributed by atoms with van der Waals surface area (Å²) in [6.45, 7) is 5.06. The van der Waals surface area contributed by atoms with Crippen LogP contribution in [0.5, 0.6) is 11.5 Å². The number of hydrogen-bond acceptors (Lipinski definition) is 4. The quantitative estimate of drug-likeness (QED) is 0.606. The van der Waals surface area contributed by atoms with Crippen LogP contribution in [0.1, 0.15) is 13.8 Å². The summed E-state index contributed by atoms with van der Waals surface area (Å²) in [5, 5.41) is 2.73. The van der Waals surface area contributed by atoms with Crippen LogP contribution in [-0.4, -0.2) is 26.2 Å². The first-order valence-electron chi connectivity index (χ1n) is 5.70. The average molecular weight is 237 g/mol. The van der Waals surface area contributed by atoms with Gasteiger partial charge < -0.3 is 14.8 Å². The summed E-state index contributed by atoms with van der Waals surface area (Å²) < 4.78 is 10.6. The maximum Gasteiger partial charge on any atom is 0.325 e. The maximum absolute atomic E-state index is 11.2. The van der Waals surface area contributed by atoms with E-state index in [9.17, 15) is 4.79 Å². The molecule has 1 aromatic carbocycles. The van der Waals surface area contributed by atoms with Crippen LogP contribution in [0.25, 0.3) is 0 Å². The third kappa shape index (κ3) is 5.36. The molecule has 0 spiro atoms. The van der Waals surface area contributed by atoms with E-state index in [-0.39, 0.29) is 12.5 Å². The van der Waals surface area contributed by atoms with Gasteiger partial charge in [-0.15, -0.1) is 0 Å². The van der Waals surface area contributed by atoms with E-state index in [1.807, 2.05) is 0 Å². The van der Waals surface area contributed by atoms with Crippen molar-refractivity contribution in [1.82, 2.24) is 5.32 Å². The normalized spacial score (nSPS) is 10.4. The molecule has 0 amide bonds. The lowest BCUT2D eigenvalue weighted by molar-refractivity contribution is -0.133. The topological polar surface area (TPSA) is 47.6 Å². The fourth-order valence-corrected chi connectivity index (χ4v) is 1.18. The molecule has 0 radical (unpaired) electrons. The van der Waals surface area contributed by atoms with E-state index in [0.29, 0.717) is 18.3 Å². The largest absolute Gasteiger partial charge is 0.493 e. The first-order valence-corrected chi connectivity index (χ1v) is 5.70. The lowest BCUT2D eigenvalue weighted by Gasteiger charge is -2.09. The number of hydrogen-bond donors (Lipinski definition) is 1. The third-order valence-corrected chi connectivity index (χ3v) is 1.96. The van der Waals surface area contributed by atoms with Crippen molar-refractivity contribution >= 4 is 5.97 Å². The molecule has 0 unspecified atom stereocenters. The number of benzene rings is 1. The number of carbonyl (C=O) groups excluding carboxylic acids is 1. The smallest absolute Gasteiger partial charge is 0.325 e. The first-order chi connectivity index (χ1) is 8.11. The van der Waals surface area contributed by atoms with Gasteiger partial charge in [-0.25, -0.2) is 0 Å². The molecular formula is C13H19NO3. The zero-order valence-electron chi connectivity index (χ0n) is 10.5. The molecular weight excluding hydrogens is 218 g/mol. The van der Waals surface area contributed by atoms with Crippen LogP contribution in [0.4, 0.5) is 0 Å². The number of carbonyl (C=O) groups is 1. The number of ether oxygens (including phenoxy) is 2. The Kier molecular flexibility index (Phi) is 5.49. The van der Waals surface area contributed by atoms with Crippen molar-refractivity contribution in [3.63, 3.8) is 0 Å². The number of esters is 1. The van der Waals surface area contributed by atoms with Crippen LogP contribution in [-0.2, 0) is 4.79 Å². The van der Waals surface area contributed by atoms with Gasteiger partial charge in [0.25, 0.3) is 0 Å². The monoisotopic (exact) mass is 237 g/mol. The zero-order valence-corrected chi connectivity index (χ0v) is 10.5. The minimum atomic E-state index is -0.302. The predicted octanol–water partition coefficient (Wildman–Crippen LogP) is 1.85. The second kappa shape index (κ2) is 6.91. The fourth-order valence-electron chi connectivity index (χ4n) is 1.18. The van der Waals surface area contributed by atoms with Gasteiger partial charge in [0.2, 0.25) is 0 Å². The minimum absolute atomic E-state index is 0.200. The molecule has 1 N–H and O–H groups in total. The van der Waals surface area contributed by atoms with Crippen molar-refractivity contribution in [3.05, 3.63) is 24.3 Å². The standard InChI is InChI=1S/C13H19NO3/c1-10(2)9-16-11-4-6-12(7-5-11)17-13(15)8-14-3/h4-7,10,14H,8-9H2,1-3H3. The van der Waals surface area contributed by atoms with Crippen molar-refractivity contribution in [2.45, 2.75) is 13.8 Å². The van der Waals surface area contributed by atoms with Crippen LogP contribution in [0.3, 0.4) is 0 Å². The van der Waals surface area contributed by atoms with E-state index in [1.54, 1.807) is 31.3 Å². The number of nitrogens with one attached hydrogen (secondary N) is 1. The summed E-state index contributed by atoms with van der Waals surface area (Å²) in [5.41, 5.74) is 0. The lowest BCUT2D eigenvalue weighted by Crippen LogP contribution is -2.23. The van der Waals surface area contributed by atoms with Crippen molar-refractivity contribution < 1.29 is 14.3 Å². The van der Waals surface area contributed by atoms with Crippen molar-refractivity contribution in [3.8, 4) is 11.5 Å². The van der Waals surface area contributed by atoms with Crippen LogP contribution >= 0.6 is 0 Å². The Balaban J connectivity index is 2.47. The first kappa shape index (κ1) is 13.5. The van der Waals surface area contributed by atoms with Crippen LogP contribution < -0.4 is 14.8 Å². The van der Waals surface area contributed by atoms with Crippen LogP contribution in [0.2, 0.25) is 0 Å². The van der Waals surface area contributed by atoms with Crippen molar-refractivity contribution in [1.29, 1.82) is 0 Å². The van der Waals surface area contributed by atoms with E-state index >= 15 is 0 Å². The molecule has 0 atom stereocenters. The summed E-state index contributed by atoms with van der Waals surface area (Å²) in [7, 11) is 1.70. The summed E-state index contributed by atoms with van der Waals surface area (Å²) >= 11 is 0. The van der Waals surface area contributed by atoms with Gasteiger partial charge in [-0.2, -0.15) is 0 Å². The van der Waals surface area contributed by atoms with Gasteiger partial charge in [-0.3, -0.25) is 4.79 Å². The molecule has 4 nitrogen and oxygen atoms in total. The van der Waals surface area contributed by atoms with E-state index < -0.39 is 0 Å². The molecule has 94 valence electrons. The second-order valence-corrected chi connectivity index (χ2v) is 4.18. The van der Waals surface area contributed by atoms with Crippen LogP contribution in [0.15, 0.2) is 24.3 Å². The molecule has 1 aromatic rings. The Morgan fingerprint density at radius 1 is 1.24 bits per heavy atom. The molecule has 0 saturated carbocycles. The molecule has 0 aliphatic heterocycles. The molecule has 0 bridgehead atoms. The van der Waals surface area contributed by atoms with Gasteiger partial charge in [-0.1, -0.05) is 13.8 Å². The molecule has 4 heteroatoms.